The average molecular weight is 411 g/mol. The van der Waals surface area contributed by atoms with E-state index in [9.17, 15) is 14.0 Å². The first-order chi connectivity index (χ1) is 14.5. The molecule has 0 spiro atoms. The number of amides is 3. The number of hydrogen-bond donors (Lipinski definition) is 1. The molecule has 3 amide bonds. The number of alkyl carbamates (subject to hydrolysis) is 1. The molecule has 0 unspecified atom stereocenters. The molecule has 1 aliphatic carbocycles. The highest BCUT2D eigenvalue weighted by atomic mass is 19.1. The molecule has 2 aromatic carbocycles. The number of fused-ring (bicyclic) bond motifs is 1. The summed E-state index contributed by atoms with van der Waals surface area (Å²) in [6.45, 7) is 0.590. The van der Waals surface area contributed by atoms with E-state index in [1.807, 2.05) is 23.1 Å². The van der Waals surface area contributed by atoms with Crippen molar-refractivity contribution < 1.29 is 18.7 Å². The van der Waals surface area contributed by atoms with Crippen LogP contribution in [-0.2, 0) is 11.2 Å². The number of carbonyl (C=O) groups excluding carboxylic acids is 2. The predicted molar refractivity (Wildman–Crippen MR) is 111 cm³/mol. The van der Waals surface area contributed by atoms with Crippen LogP contribution in [0.5, 0.6) is 0 Å². The van der Waals surface area contributed by atoms with Gasteiger partial charge in [0.05, 0.1) is 6.04 Å². The highest BCUT2D eigenvalue weighted by Crippen LogP contribution is 2.37. The number of ether oxygens (including phenoxy) is 1. The van der Waals surface area contributed by atoms with Crippen LogP contribution in [0.15, 0.2) is 48.5 Å². The second-order valence-corrected chi connectivity index (χ2v) is 7.89. The lowest BCUT2D eigenvalue weighted by Crippen LogP contribution is -2.55. The zero-order chi connectivity index (χ0) is 21.3. The Morgan fingerprint density at radius 2 is 1.83 bits per heavy atom. The van der Waals surface area contributed by atoms with Crippen LogP contribution in [0, 0.1) is 5.82 Å². The molecule has 1 fully saturated rings. The van der Waals surface area contributed by atoms with Crippen LogP contribution in [-0.4, -0.2) is 54.7 Å². The first-order valence-electron chi connectivity index (χ1n) is 10.2. The number of benzene rings is 2. The van der Waals surface area contributed by atoms with Crippen LogP contribution in [0.2, 0.25) is 0 Å². The minimum atomic E-state index is -0.448. The molecule has 2 aliphatic rings. The van der Waals surface area contributed by atoms with Crippen molar-refractivity contribution in [2.45, 2.75) is 37.5 Å². The summed E-state index contributed by atoms with van der Waals surface area (Å²) in [5.74, 6) is -0.297. The van der Waals surface area contributed by atoms with Gasteiger partial charge in [0.15, 0.2) is 0 Å². The summed E-state index contributed by atoms with van der Waals surface area (Å²) in [4.78, 5) is 28.4. The van der Waals surface area contributed by atoms with Gasteiger partial charge in [-0.3, -0.25) is 0 Å². The largest absolute Gasteiger partial charge is 0.446 e. The van der Waals surface area contributed by atoms with Gasteiger partial charge in [0.25, 0.3) is 0 Å². The highest BCUT2D eigenvalue weighted by Gasteiger charge is 2.40. The van der Waals surface area contributed by atoms with Crippen LogP contribution in [0.3, 0.4) is 0 Å². The number of hydrogen-bond acceptors (Lipinski definition) is 3. The van der Waals surface area contributed by atoms with E-state index in [1.165, 1.54) is 24.7 Å². The summed E-state index contributed by atoms with van der Waals surface area (Å²) in [6.07, 6.45) is 1.42. The average Bonchev–Trinajstić information content (AvgIpc) is 2.74. The van der Waals surface area contributed by atoms with Crippen LogP contribution < -0.4 is 5.32 Å². The Morgan fingerprint density at radius 1 is 1.13 bits per heavy atom. The van der Waals surface area contributed by atoms with Gasteiger partial charge in [-0.25, -0.2) is 14.0 Å². The van der Waals surface area contributed by atoms with Crippen molar-refractivity contribution >= 4 is 12.1 Å². The molecule has 1 aliphatic heterocycles. The smallest absolute Gasteiger partial charge is 0.407 e. The fraction of sp³-hybridized carbons (Fsp3) is 0.391. The van der Waals surface area contributed by atoms with E-state index in [1.54, 1.807) is 24.1 Å². The first-order valence-corrected chi connectivity index (χ1v) is 10.2. The SMILES string of the molecule is CNC(=O)O[C@H]1C[C@H](N(C)C(=O)N2CCc3ccccc3[C@@H]2c2ccc(F)cc2)C1. The van der Waals surface area contributed by atoms with Gasteiger partial charge in [0.2, 0.25) is 0 Å². The van der Waals surface area contributed by atoms with E-state index in [0.717, 1.165) is 17.5 Å². The number of nitrogens with one attached hydrogen (secondary N) is 1. The van der Waals surface area contributed by atoms with E-state index in [2.05, 4.69) is 11.4 Å². The van der Waals surface area contributed by atoms with Gasteiger partial charge in [-0.1, -0.05) is 36.4 Å². The number of halogens is 1. The number of carbonyl (C=O) groups is 2. The summed E-state index contributed by atoms with van der Waals surface area (Å²) in [7, 11) is 3.32. The molecule has 2 aromatic rings. The molecule has 0 aromatic heterocycles. The van der Waals surface area contributed by atoms with Crippen LogP contribution in [0.4, 0.5) is 14.0 Å². The van der Waals surface area contributed by atoms with Crippen molar-refractivity contribution in [3.05, 3.63) is 71.0 Å². The molecule has 1 saturated carbocycles. The minimum absolute atomic E-state index is 0.0261. The lowest BCUT2D eigenvalue weighted by atomic mass is 9.87. The Morgan fingerprint density at radius 3 is 2.53 bits per heavy atom. The molecule has 0 bridgehead atoms. The van der Waals surface area contributed by atoms with Gasteiger partial charge in [-0.05, 0) is 35.2 Å². The molecule has 30 heavy (non-hydrogen) atoms. The fourth-order valence-corrected chi connectivity index (χ4v) is 4.30. The number of rotatable bonds is 3. The van der Waals surface area contributed by atoms with E-state index < -0.39 is 6.09 Å². The highest BCUT2D eigenvalue weighted by molar-refractivity contribution is 5.76. The molecule has 0 saturated heterocycles. The van der Waals surface area contributed by atoms with Crippen LogP contribution >= 0.6 is 0 Å². The molecule has 1 N–H and O–H groups in total. The van der Waals surface area contributed by atoms with Crippen molar-refractivity contribution in [1.82, 2.24) is 15.1 Å². The van der Waals surface area contributed by atoms with Crippen LogP contribution in [0.1, 0.15) is 35.6 Å². The predicted octanol–water partition coefficient (Wildman–Crippen LogP) is 3.71. The molecular weight excluding hydrogens is 385 g/mol. The third-order valence-electron chi connectivity index (χ3n) is 6.11. The Labute approximate surface area is 175 Å². The lowest BCUT2D eigenvalue weighted by molar-refractivity contribution is 0.00197. The summed E-state index contributed by atoms with van der Waals surface area (Å²) in [5, 5.41) is 2.44. The second kappa shape index (κ2) is 8.34. The van der Waals surface area contributed by atoms with Gasteiger partial charge in [0, 0.05) is 39.5 Å². The summed E-state index contributed by atoms with van der Waals surface area (Å²) >= 11 is 0. The van der Waals surface area contributed by atoms with Gasteiger partial charge in [-0.2, -0.15) is 0 Å². The van der Waals surface area contributed by atoms with Gasteiger partial charge in [0.1, 0.15) is 11.9 Å². The Balaban J connectivity index is 1.54. The van der Waals surface area contributed by atoms with Crippen molar-refractivity contribution in [2.24, 2.45) is 0 Å². The minimum Gasteiger partial charge on any atom is -0.446 e. The van der Waals surface area contributed by atoms with E-state index >= 15 is 0 Å². The number of nitrogens with zero attached hydrogens (tertiary/aromatic N) is 2. The third kappa shape index (κ3) is 3.84. The molecule has 7 heteroatoms. The topological polar surface area (TPSA) is 61.9 Å². The van der Waals surface area contributed by atoms with Crippen molar-refractivity contribution in [3.8, 4) is 0 Å². The second-order valence-electron chi connectivity index (χ2n) is 7.89. The van der Waals surface area contributed by atoms with Gasteiger partial charge >= 0.3 is 12.1 Å². The van der Waals surface area contributed by atoms with Crippen molar-refractivity contribution in [3.63, 3.8) is 0 Å². The standard InChI is InChI=1S/C23H26FN3O3/c1-25-22(28)30-19-13-18(14-19)26(2)23(29)27-12-11-15-5-3-4-6-20(15)21(27)16-7-9-17(24)10-8-16/h3-10,18-19,21H,11-14H2,1-2H3,(H,25,28)/t18-,19-,21-/m0/s1. The first kappa shape index (κ1) is 20.2. The van der Waals surface area contributed by atoms with Crippen LogP contribution in [0.25, 0.3) is 0 Å². The quantitative estimate of drug-likeness (QED) is 0.838. The monoisotopic (exact) mass is 411 g/mol. The number of urea groups is 1. The zero-order valence-corrected chi connectivity index (χ0v) is 17.2. The van der Waals surface area contributed by atoms with Gasteiger partial charge < -0.3 is 19.9 Å². The maximum atomic E-state index is 13.5. The molecule has 6 nitrogen and oxygen atoms in total. The Hall–Kier alpha value is -3.09. The molecule has 0 radical (unpaired) electrons. The van der Waals surface area contributed by atoms with E-state index in [4.69, 9.17) is 4.74 Å². The Kier molecular flexibility index (Phi) is 5.61. The summed E-state index contributed by atoms with van der Waals surface area (Å²) in [5.41, 5.74) is 3.17. The van der Waals surface area contributed by atoms with Crippen molar-refractivity contribution in [2.75, 3.05) is 20.6 Å². The molecule has 1 heterocycles. The maximum Gasteiger partial charge on any atom is 0.407 e. The summed E-state index contributed by atoms with van der Waals surface area (Å²) < 4.78 is 18.8. The van der Waals surface area contributed by atoms with Crippen molar-refractivity contribution in [1.29, 1.82) is 0 Å². The fourth-order valence-electron chi connectivity index (χ4n) is 4.30. The van der Waals surface area contributed by atoms with E-state index in [-0.39, 0.29) is 30.0 Å². The molecular formula is C23H26FN3O3. The molecule has 158 valence electrons. The lowest BCUT2D eigenvalue weighted by Gasteiger charge is -2.45. The Bertz CT molecular complexity index is 928. The van der Waals surface area contributed by atoms with E-state index in [0.29, 0.717) is 19.4 Å². The van der Waals surface area contributed by atoms with Gasteiger partial charge in [-0.15, -0.1) is 0 Å². The molecule has 4 rings (SSSR count). The zero-order valence-electron chi connectivity index (χ0n) is 17.2. The normalized spacial score (nSPS) is 22.5. The molecule has 1 atom stereocenters. The maximum absolute atomic E-state index is 13.5. The third-order valence-corrected chi connectivity index (χ3v) is 6.11. The summed E-state index contributed by atoms with van der Waals surface area (Å²) in [6, 6.07) is 14.2.